The SMILES string of the molecule is COc1nc(C(C)C)ncc1CCC1(N)CC1. The molecule has 1 heterocycles. The van der Waals surface area contributed by atoms with Gasteiger partial charge in [0.15, 0.2) is 0 Å². The molecule has 0 aliphatic heterocycles. The number of rotatable bonds is 5. The van der Waals surface area contributed by atoms with Crippen LogP contribution in [-0.4, -0.2) is 22.6 Å². The zero-order valence-electron chi connectivity index (χ0n) is 10.9. The molecule has 4 heteroatoms. The minimum absolute atomic E-state index is 0.0712. The number of aromatic nitrogens is 2. The van der Waals surface area contributed by atoms with Gasteiger partial charge < -0.3 is 10.5 Å². The lowest BCUT2D eigenvalue weighted by molar-refractivity contribution is 0.386. The molecule has 1 aliphatic rings. The highest BCUT2D eigenvalue weighted by molar-refractivity contribution is 5.25. The molecule has 2 N–H and O–H groups in total. The number of aryl methyl sites for hydroxylation is 1. The Morgan fingerprint density at radius 2 is 2.18 bits per heavy atom. The highest BCUT2D eigenvalue weighted by Gasteiger charge is 2.37. The van der Waals surface area contributed by atoms with Crippen molar-refractivity contribution >= 4 is 0 Å². The van der Waals surface area contributed by atoms with Crippen molar-refractivity contribution in [2.75, 3.05) is 7.11 Å². The van der Waals surface area contributed by atoms with E-state index in [0.717, 1.165) is 37.1 Å². The zero-order valence-corrected chi connectivity index (χ0v) is 10.9. The molecule has 1 aromatic rings. The Labute approximate surface area is 103 Å². The molecular formula is C13H21N3O. The van der Waals surface area contributed by atoms with Crippen LogP contribution in [0.5, 0.6) is 5.88 Å². The maximum Gasteiger partial charge on any atom is 0.219 e. The van der Waals surface area contributed by atoms with Crippen LogP contribution in [0.4, 0.5) is 0 Å². The molecule has 17 heavy (non-hydrogen) atoms. The lowest BCUT2D eigenvalue weighted by Gasteiger charge is -2.12. The third-order valence-corrected chi connectivity index (χ3v) is 3.34. The number of nitrogens with zero attached hydrogens (tertiary/aromatic N) is 2. The van der Waals surface area contributed by atoms with E-state index in [4.69, 9.17) is 10.5 Å². The molecule has 1 aliphatic carbocycles. The zero-order chi connectivity index (χ0) is 12.5. The Balaban J connectivity index is 2.10. The summed E-state index contributed by atoms with van der Waals surface area (Å²) in [5.41, 5.74) is 7.22. The van der Waals surface area contributed by atoms with Gasteiger partial charge in [0.25, 0.3) is 0 Å². The van der Waals surface area contributed by atoms with Crippen molar-refractivity contribution in [3.8, 4) is 5.88 Å². The van der Waals surface area contributed by atoms with Gasteiger partial charge in [-0.1, -0.05) is 13.8 Å². The van der Waals surface area contributed by atoms with Crippen LogP contribution in [0.2, 0.25) is 0 Å². The predicted molar refractivity (Wildman–Crippen MR) is 67.1 cm³/mol. The van der Waals surface area contributed by atoms with E-state index in [2.05, 4.69) is 23.8 Å². The van der Waals surface area contributed by atoms with Gasteiger partial charge in [0.05, 0.1) is 7.11 Å². The van der Waals surface area contributed by atoms with Gasteiger partial charge in [-0.2, -0.15) is 4.98 Å². The highest BCUT2D eigenvalue weighted by Crippen LogP contribution is 2.37. The van der Waals surface area contributed by atoms with E-state index in [1.54, 1.807) is 7.11 Å². The molecule has 0 radical (unpaired) electrons. The number of nitrogens with two attached hydrogens (primary N) is 1. The van der Waals surface area contributed by atoms with Crippen molar-refractivity contribution in [2.24, 2.45) is 5.73 Å². The van der Waals surface area contributed by atoms with Gasteiger partial charge in [0.2, 0.25) is 5.88 Å². The monoisotopic (exact) mass is 235 g/mol. The number of hydrogen-bond acceptors (Lipinski definition) is 4. The molecular weight excluding hydrogens is 214 g/mol. The average molecular weight is 235 g/mol. The molecule has 0 spiro atoms. The van der Waals surface area contributed by atoms with Crippen LogP contribution in [0.25, 0.3) is 0 Å². The second-order valence-electron chi connectivity index (χ2n) is 5.28. The Bertz CT molecular complexity index is 400. The molecule has 0 unspecified atom stereocenters. The van der Waals surface area contributed by atoms with E-state index in [1.807, 2.05) is 6.20 Å². The summed E-state index contributed by atoms with van der Waals surface area (Å²) in [4.78, 5) is 8.81. The van der Waals surface area contributed by atoms with Crippen molar-refractivity contribution in [3.05, 3.63) is 17.6 Å². The van der Waals surface area contributed by atoms with Crippen molar-refractivity contribution in [3.63, 3.8) is 0 Å². The Kier molecular flexibility index (Phi) is 3.33. The number of methoxy groups -OCH3 is 1. The molecule has 0 aromatic carbocycles. The van der Waals surface area contributed by atoms with E-state index in [1.165, 1.54) is 0 Å². The van der Waals surface area contributed by atoms with Gasteiger partial charge in [-0.05, 0) is 25.7 Å². The van der Waals surface area contributed by atoms with Gasteiger partial charge in [-0.25, -0.2) is 4.98 Å². The molecule has 0 amide bonds. The van der Waals surface area contributed by atoms with Gasteiger partial charge in [-0.15, -0.1) is 0 Å². The molecule has 0 bridgehead atoms. The fourth-order valence-electron chi connectivity index (χ4n) is 1.82. The minimum atomic E-state index is 0.0712. The first-order chi connectivity index (χ1) is 8.04. The second-order valence-corrected chi connectivity index (χ2v) is 5.28. The van der Waals surface area contributed by atoms with E-state index in [-0.39, 0.29) is 5.54 Å². The molecule has 94 valence electrons. The summed E-state index contributed by atoms with van der Waals surface area (Å²) in [6.45, 7) is 4.15. The Morgan fingerprint density at radius 1 is 1.47 bits per heavy atom. The quantitative estimate of drug-likeness (QED) is 0.848. The highest BCUT2D eigenvalue weighted by atomic mass is 16.5. The van der Waals surface area contributed by atoms with Crippen molar-refractivity contribution in [2.45, 2.75) is 51.0 Å². The summed E-state index contributed by atoms with van der Waals surface area (Å²) < 4.78 is 5.33. The van der Waals surface area contributed by atoms with Gasteiger partial charge in [-0.3, -0.25) is 0 Å². The number of ether oxygens (including phenoxy) is 1. The molecule has 2 rings (SSSR count). The fourth-order valence-corrected chi connectivity index (χ4v) is 1.82. The van der Waals surface area contributed by atoms with Crippen LogP contribution in [0.1, 0.15) is 50.4 Å². The summed E-state index contributed by atoms with van der Waals surface area (Å²) in [5, 5.41) is 0. The minimum Gasteiger partial charge on any atom is -0.481 e. The second kappa shape index (κ2) is 4.61. The molecule has 1 saturated carbocycles. The van der Waals surface area contributed by atoms with E-state index in [9.17, 15) is 0 Å². The largest absolute Gasteiger partial charge is 0.481 e. The van der Waals surface area contributed by atoms with Crippen LogP contribution < -0.4 is 10.5 Å². The topological polar surface area (TPSA) is 61.0 Å². The summed E-state index contributed by atoms with van der Waals surface area (Å²) in [7, 11) is 1.66. The van der Waals surface area contributed by atoms with E-state index in [0.29, 0.717) is 11.8 Å². The van der Waals surface area contributed by atoms with Crippen LogP contribution >= 0.6 is 0 Å². The van der Waals surface area contributed by atoms with Crippen LogP contribution in [-0.2, 0) is 6.42 Å². The van der Waals surface area contributed by atoms with Gasteiger partial charge in [0, 0.05) is 23.2 Å². The average Bonchev–Trinajstić information content (AvgIpc) is 3.05. The van der Waals surface area contributed by atoms with Crippen molar-refractivity contribution in [1.82, 2.24) is 9.97 Å². The third kappa shape index (κ3) is 2.94. The normalized spacial score (nSPS) is 17.2. The maximum absolute atomic E-state index is 6.08. The van der Waals surface area contributed by atoms with Crippen molar-refractivity contribution < 1.29 is 4.74 Å². The van der Waals surface area contributed by atoms with Crippen molar-refractivity contribution in [1.29, 1.82) is 0 Å². The first kappa shape index (κ1) is 12.3. The lowest BCUT2D eigenvalue weighted by Crippen LogP contribution is -2.22. The molecule has 4 nitrogen and oxygen atoms in total. The smallest absolute Gasteiger partial charge is 0.219 e. The molecule has 0 atom stereocenters. The predicted octanol–water partition coefficient (Wildman–Crippen LogP) is 2.03. The first-order valence-electron chi connectivity index (χ1n) is 6.23. The number of hydrogen-bond donors (Lipinski definition) is 1. The van der Waals surface area contributed by atoms with Crippen LogP contribution in [0.15, 0.2) is 6.20 Å². The lowest BCUT2D eigenvalue weighted by atomic mass is 10.1. The van der Waals surface area contributed by atoms with Gasteiger partial charge in [0.1, 0.15) is 5.82 Å². The van der Waals surface area contributed by atoms with Crippen LogP contribution in [0.3, 0.4) is 0 Å². The van der Waals surface area contributed by atoms with Crippen LogP contribution in [0, 0.1) is 0 Å². The maximum atomic E-state index is 6.08. The van der Waals surface area contributed by atoms with E-state index < -0.39 is 0 Å². The first-order valence-corrected chi connectivity index (χ1v) is 6.23. The summed E-state index contributed by atoms with van der Waals surface area (Å²) >= 11 is 0. The molecule has 0 saturated heterocycles. The summed E-state index contributed by atoms with van der Waals surface area (Å²) in [6.07, 6.45) is 6.05. The molecule has 1 aromatic heterocycles. The molecule has 1 fully saturated rings. The van der Waals surface area contributed by atoms with E-state index >= 15 is 0 Å². The fraction of sp³-hybridized carbons (Fsp3) is 0.692. The third-order valence-electron chi connectivity index (χ3n) is 3.34. The summed E-state index contributed by atoms with van der Waals surface area (Å²) in [5.74, 6) is 1.86. The summed E-state index contributed by atoms with van der Waals surface area (Å²) in [6, 6.07) is 0. The Hall–Kier alpha value is -1.16. The Morgan fingerprint density at radius 3 is 2.71 bits per heavy atom. The van der Waals surface area contributed by atoms with Gasteiger partial charge >= 0.3 is 0 Å². The standard InChI is InChI=1S/C13H21N3O/c1-9(2)11-15-8-10(12(16-11)17-3)4-5-13(14)6-7-13/h8-9H,4-7,14H2,1-3H3.